The van der Waals surface area contributed by atoms with Crippen molar-refractivity contribution < 1.29 is 18.0 Å². The molecule has 1 aliphatic heterocycles. The van der Waals surface area contributed by atoms with Crippen LogP contribution in [-0.2, 0) is 6.18 Å². The van der Waals surface area contributed by atoms with E-state index in [0.29, 0.717) is 11.5 Å². The monoisotopic (exact) mass is 348 g/mol. The Morgan fingerprint density at radius 2 is 2.00 bits per heavy atom. The normalized spacial score (nSPS) is 17.5. The second kappa shape index (κ2) is 6.88. The fraction of sp³-hybridized carbons (Fsp3) is 0.316. The Bertz CT molecular complexity index is 780. The largest absolute Gasteiger partial charge is 0.416 e. The maximum absolute atomic E-state index is 12.8. The number of amides is 1. The first-order chi connectivity index (χ1) is 11.8. The lowest BCUT2D eigenvalue weighted by molar-refractivity contribution is -0.137. The molecule has 2 aromatic carbocycles. The van der Waals surface area contributed by atoms with Gasteiger partial charge in [0.15, 0.2) is 0 Å². The molecule has 0 saturated carbocycles. The lowest BCUT2D eigenvalue weighted by Gasteiger charge is -2.15. The molecule has 3 nitrogen and oxygen atoms in total. The van der Waals surface area contributed by atoms with E-state index in [1.807, 2.05) is 19.1 Å². The highest BCUT2D eigenvalue weighted by Crippen LogP contribution is 2.31. The molecule has 6 heteroatoms. The molecule has 0 radical (unpaired) electrons. The fourth-order valence-electron chi connectivity index (χ4n) is 3.12. The first-order valence-electron chi connectivity index (χ1n) is 8.14. The standard InChI is InChI=1S/C19H19F3N2O/c1-12-5-6-13(9-17(12)14-7-8-23-11-14)18(25)24-16-4-2-3-15(10-16)19(20,21)22/h2-6,9-10,14,23H,7-8,11H2,1H3,(H,24,25)/t14-/m0/s1. The third-order valence-electron chi connectivity index (χ3n) is 4.49. The highest BCUT2D eigenvalue weighted by molar-refractivity contribution is 6.04. The molecule has 0 aliphatic carbocycles. The Labute approximate surface area is 144 Å². The Balaban J connectivity index is 1.81. The number of alkyl halides is 3. The summed E-state index contributed by atoms with van der Waals surface area (Å²) in [6.07, 6.45) is -3.42. The van der Waals surface area contributed by atoms with Gasteiger partial charge in [0.1, 0.15) is 0 Å². The van der Waals surface area contributed by atoms with Crippen molar-refractivity contribution in [2.75, 3.05) is 18.4 Å². The van der Waals surface area contributed by atoms with E-state index in [1.54, 1.807) is 6.07 Å². The number of rotatable bonds is 3. The number of aryl methyl sites for hydroxylation is 1. The summed E-state index contributed by atoms with van der Waals surface area (Å²) in [4.78, 5) is 12.4. The molecular formula is C19H19F3N2O. The molecule has 25 heavy (non-hydrogen) atoms. The molecule has 132 valence electrons. The van der Waals surface area contributed by atoms with Crippen LogP contribution in [0.4, 0.5) is 18.9 Å². The van der Waals surface area contributed by atoms with Crippen LogP contribution in [0.2, 0.25) is 0 Å². The van der Waals surface area contributed by atoms with Crippen LogP contribution in [0.1, 0.15) is 39.4 Å². The van der Waals surface area contributed by atoms with E-state index in [-0.39, 0.29) is 5.69 Å². The van der Waals surface area contributed by atoms with Crippen LogP contribution >= 0.6 is 0 Å². The Morgan fingerprint density at radius 1 is 1.20 bits per heavy atom. The molecule has 0 bridgehead atoms. The van der Waals surface area contributed by atoms with Gasteiger partial charge in [-0.1, -0.05) is 12.1 Å². The summed E-state index contributed by atoms with van der Waals surface area (Å²) in [7, 11) is 0. The van der Waals surface area contributed by atoms with Gasteiger partial charge in [-0.05, 0) is 67.3 Å². The van der Waals surface area contributed by atoms with E-state index in [2.05, 4.69) is 10.6 Å². The second-order valence-electron chi connectivity index (χ2n) is 6.29. The zero-order chi connectivity index (χ0) is 18.0. The van der Waals surface area contributed by atoms with E-state index in [9.17, 15) is 18.0 Å². The summed E-state index contributed by atoms with van der Waals surface area (Å²) >= 11 is 0. The van der Waals surface area contributed by atoms with Gasteiger partial charge in [0.2, 0.25) is 0 Å². The lowest BCUT2D eigenvalue weighted by Crippen LogP contribution is -2.15. The van der Waals surface area contributed by atoms with Crippen LogP contribution in [0, 0.1) is 6.92 Å². The molecule has 3 rings (SSSR count). The van der Waals surface area contributed by atoms with Gasteiger partial charge in [-0.2, -0.15) is 13.2 Å². The summed E-state index contributed by atoms with van der Waals surface area (Å²) in [5.41, 5.74) is 2.02. The number of anilines is 1. The van der Waals surface area contributed by atoms with E-state index in [4.69, 9.17) is 0 Å². The molecule has 1 atom stereocenters. The zero-order valence-corrected chi connectivity index (χ0v) is 13.8. The van der Waals surface area contributed by atoms with Gasteiger partial charge in [-0.3, -0.25) is 4.79 Å². The van der Waals surface area contributed by atoms with Crippen molar-refractivity contribution in [3.63, 3.8) is 0 Å². The van der Waals surface area contributed by atoms with Crippen LogP contribution in [0.5, 0.6) is 0 Å². The lowest BCUT2D eigenvalue weighted by atomic mass is 9.92. The van der Waals surface area contributed by atoms with Crippen LogP contribution in [0.3, 0.4) is 0 Å². The third kappa shape index (κ3) is 4.02. The number of hydrogen-bond donors (Lipinski definition) is 2. The molecule has 2 N–H and O–H groups in total. The minimum absolute atomic E-state index is 0.129. The van der Waals surface area contributed by atoms with Crippen LogP contribution in [-0.4, -0.2) is 19.0 Å². The summed E-state index contributed by atoms with van der Waals surface area (Å²) in [5, 5.41) is 5.85. The van der Waals surface area contributed by atoms with E-state index < -0.39 is 17.6 Å². The molecule has 0 aromatic heterocycles. The SMILES string of the molecule is Cc1ccc(C(=O)Nc2cccc(C(F)(F)F)c2)cc1[C@H]1CCNC1. The average molecular weight is 348 g/mol. The molecule has 0 unspecified atom stereocenters. The van der Waals surface area contributed by atoms with Crippen LogP contribution < -0.4 is 10.6 Å². The van der Waals surface area contributed by atoms with Crippen LogP contribution in [0.25, 0.3) is 0 Å². The van der Waals surface area contributed by atoms with E-state index in [1.165, 1.54) is 12.1 Å². The van der Waals surface area contributed by atoms with Crippen molar-refractivity contribution in [3.8, 4) is 0 Å². The Morgan fingerprint density at radius 3 is 2.68 bits per heavy atom. The van der Waals surface area contributed by atoms with Crippen molar-refractivity contribution in [1.29, 1.82) is 0 Å². The maximum Gasteiger partial charge on any atom is 0.416 e. The predicted molar refractivity (Wildman–Crippen MR) is 90.8 cm³/mol. The molecular weight excluding hydrogens is 329 g/mol. The zero-order valence-electron chi connectivity index (χ0n) is 13.8. The summed E-state index contributed by atoms with van der Waals surface area (Å²) in [6, 6.07) is 10.1. The van der Waals surface area contributed by atoms with Crippen molar-refractivity contribution in [3.05, 3.63) is 64.7 Å². The van der Waals surface area contributed by atoms with Gasteiger partial charge in [0.25, 0.3) is 5.91 Å². The van der Waals surface area contributed by atoms with Crippen molar-refractivity contribution >= 4 is 11.6 Å². The van der Waals surface area contributed by atoms with Gasteiger partial charge in [0, 0.05) is 17.8 Å². The van der Waals surface area contributed by atoms with Crippen molar-refractivity contribution in [2.45, 2.75) is 25.4 Å². The summed E-state index contributed by atoms with van der Waals surface area (Å²) < 4.78 is 38.3. The highest BCUT2D eigenvalue weighted by atomic mass is 19.4. The smallest absolute Gasteiger partial charge is 0.322 e. The molecule has 1 aliphatic rings. The summed E-state index contributed by atoms with van der Waals surface area (Å²) in [6.45, 7) is 3.83. The van der Waals surface area contributed by atoms with Gasteiger partial charge in [-0.15, -0.1) is 0 Å². The third-order valence-corrected chi connectivity index (χ3v) is 4.49. The first kappa shape index (κ1) is 17.5. The molecule has 1 fully saturated rings. The minimum Gasteiger partial charge on any atom is -0.322 e. The van der Waals surface area contributed by atoms with Gasteiger partial charge < -0.3 is 10.6 Å². The topological polar surface area (TPSA) is 41.1 Å². The Kier molecular flexibility index (Phi) is 4.81. The van der Waals surface area contributed by atoms with Crippen molar-refractivity contribution in [2.24, 2.45) is 0 Å². The Hall–Kier alpha value is -2.34. The number of halogens is 3. The molecule has 0 spiro atoms. The quantitative estimate of drug-likeness (QED) is 0.866. The van der Waals surface area contributed by atoms with Crippen molar-refractivity contribution in [1.82, 2.24) is 5.32 Å². The number of carbonyl (C=O) groups excluding carboxylic acids is 1. The van der Waals surface area contributed by atoms with Gasteiger partial charge in [-0.25, -0.2) is 0 Å². The highest BCUT2D eigenvalue weighted by Gasteiger charge is 2.30. The number of hydrogen-bond acceptors (Lipinski definition) is 2. The molecule has 2 aromatic rings. The van der Waals surface area contributed by atoms with Gasteiger partial charge >= 0.3 is 6.18 Å². The van der Waals surface area contributed by atoms with E-state index in [0.717, 1.165) is 42.8 Å². The molecule has 1 heterocycles. The van der Waals surface area contributed by atoms with E-state index >= 15 is 0 Å². The minimum atomic E-state index is -4.44. The average Bonchev–Trinajstić information content (AvgIpc) is 3.09. The first-order valence-corrected chi connectivity index (χ1v) is 8.14. The fourth-order valence-corrected chi connectivity index (χ4v) is 3.12. The van der Waals surface area contributed by atoms with Crippen LogP contribution in [0.15, 0.2) is 42.5 Å². The summed E-state index contributed by atoms with van der Waals surface area (Å²) in [5.74, 6) is -0.0483. The number of carbonyl (C=O) groups is 1. The molecule has 1 amide bonds. The number of benzene rings is 2. The maximum atomic E-state index is 12.8. The van der Waals surface area contributed by atoms with Gasteiger partial charge in [0.05, 0.1) is 5.56 Å². The molecule has 1 saturated heterocycles. The predicted octanol–water partition coefficient (Wildman–Crippen LogP) is 4.34. The second-order valence-corrected chi connectivity index (χ2v) is 6.29. The number of nitrogens with one attached hydrogen (secondary N) is 2.